The van der Waals surface area contributed by atoms with E-state index in [4.69, 9.17) is 0 Å². The van der Waals surface area contributed by atoms with Gasteiger partial charge in [-0.05, 0) is 19.3 Å². The molecule has 1 saturated carbocycles. The Morgan fingerprint density at radius 1 is 1.54 bits per heavy atom. The molecule has 0 atom stereocenters. The molecule has 0 spiro atoms. The fraction of sp³-hybridized carbons (Fsp3) is 0.700. The maximum absolute atomic E-state index is 11.1. The van der Waals surface area contributed by atoms with Crippen molar-refractivity contribution in [3.63, 3.8) is 0 Å². The Morgan fingerprint density at radius 3 is 2.23 bits per heavy atom. The lowest BCUT2D eigenvalue weighted by molar-refractivity contribution is 0.480. The highest BCUT2D eigenvalue weighted by Gasteiger charge is 2.18. The number of aromatic nitrogens is 1. The summed E-state index contributed by atoms with van der Waals surface area (Å²) in [7, 11) is 0. The van der Waals surface area contributed by atoms with Crippen LogP contribution in [0.5, 0.6) is 0 Å². The van der Waals surface area contributed by atoms with Crippen molar-refractivity contribution in [2.45, 2.75) is 46.2 Å². The van der Waals surface area contributed by atoms with Crippen molar-refractivity contribution in [2.24, 2.45) is 0 Å². The molecule has 76 valence electrons. The van der Waals surface area contributed by atoms with Crippen LogP contribution in [0.4, 0.5) is 4.39 Å². The summed E-state index contributed by atoms with van der Waals surface area (Å²) in [4.78, 5) is 4.05. The summed E-state index contributed by atoms with van der Waals surface area (Å²) in [6.45, 7) is 6.11. The SMILES string of the molecule is CC.CCc1nccs1.FC1CC1. The third-order valence-electron chi connectivity index (χ3n) is 1.29. The first kappa shape index (κ1) is 12.6. The first-order valence-corrected chi connectivity index (χ1v) is 5.73. The zero-order valence-corrected chi connectivity index (χ0v) is 9.40. The zero-order valence-electron chi connectivity index (χ0n) is 8.59. The van der Waals surface area contributed by atoms with Crippen molar-refractivity contribution < 1.29 is 4.39 Å². The number of halogens is 1. The van der Waals surface area contributed by atoms with E-state index < -0.39 is 6.17 Å². The molecule has 1 fully saturated rings. The third kappa shape index (κ3) is 7.91. The predicted octanol–water partition coefficient (Wildman–Crippen LogP) is 3.85. The van der Waals surface area contributed by atoms with Gasteiger partial charge >= 0.3 is 0 Å². The van der Waals surface area contributed by atoms with Crippen LogP contribution in [0.3, 0.4) is 0 Å². The first-order valence-electron chi connectivity index (χ1n) is 4.85. The quantitative estimate of drug-likeness (QED) is 0.675. The standard InChI is InChI=1S/C5H7NS.C3H5F.C2H6/c1-2-5-6-3-4-7-5;4-3-1-2-3;1-2/h3-4H,2H2,1H3;3H,1-2H2;1-2H3. The summed E-state index contributed by atoms with van der Waals surface area (Å²) in [6, 6.07) is 0. The summed E-state index contributed by atoms with van der Waals surface area (Å²) < 4.78 is 11.1. The predicted molar refractivity (Wildman–Crippen MR) is 57.0 cm³/mol. The minimum Gasteiger partial charge on any atom is -0.250 e. The number of nitrogens with zero attached hydrogens (tertiary/aromatic N) is 1. The van der Waals surface area contributed by atoms with Crippen molar-refractivity contribution in [1.82, 2.24) is 4.98 Å². The van der Waals surface area contributed by atoms with Crippen LogP contribution >= 0.6 is 11.3 Å². The molecule has 3 heteroatoms. The van der Waals surface area contributed by atoms with E-state index in [2.05, 4.69) is 11.9 Å². The van der Waals surface area contributed by atoms with Crippen LogP contribution in [0.15, 0.2) is 11.6 Å². The summed E-state index contributed by atoms with van der Waals surface area (Å²) in [5.41, 5.74) is 0. The molecule has 2 rings (SSSR count). The molecule has 1 aromatic rings. The van der Waals surface area contributed by atoms with Crippen LogP contribution in [0, 0.1) is 0 Å². The Hall–Kier alpha value is -0.440. The average Bonchev–Trinajstić information content (AvgIpc) is 2.79. The van der Waals surface area contributed by atoms with Gasteiger partial charge in [0.2, 0.25) is 0 Å². The Bertz CT molecular complexity index is 183. The molecule has 1 aliphatic carbocycles. The molecule has 0 amide bonds. The Labute approximate surface area is 84.0 Å². The second kappa shape index (κ2) is 8.17. The molecule has 1 aliphatic rings. The Kier molecular flexibility index (Phi) is 7.90. The number of rotatable bonds is 1. The molecule has 13 heavy (non-hydrogen) atoms. The van der Waals surface area contributed by atoms with Crippen molar-refractivity contribution in [2.75, 3.05) is 0 Å². The number of hydrogen-bond donors (Lipinski definition) is 0. The van der Waals surface area contributed by atoms with Crippen LogP contribution in [0.1, 0.15) is 38.6 Å². The Morgan fingerprint density at radius 2 is 2.08 bits per heavy atom. The second-order valence-corrected chi connectivity index (χ2v) is 3.43. The van der Waals surface area contributed by atoms with Gasteiger partial charge in [-0.2, -0.15) is 0 Å². The van der Waals surface area contributed by atoms with E-state index in [0.29, 0.717) is 0 Å². The number of thiazole rings is 1. The van der Waals surface area contributed by atoms with E-state index in [1.54, 1.807) is 11.3 Å². The van der Waals surface area contributed by atoms with Gasteiger partial charge in [-0.1, -0.05) is 20.8 Å². The maximum Gasteiger partial charge on any atom is 0.100 e. The fourth-order valence-corrected chi connectivity index (χ4v) is 1.06. The smallest absolute Gasteiger partial charge is 0.100 e. The van der Waals surface area contributed by atoms with Gasteiger partial charge < -0.3 is 0 Å². The molecular formula is C10H18FNS. The van der Waals surface area contributed by atoms with Gasteiger partial charge in [0.05, 0.1) is 5.01 Å². The van der Waals surface area contributed by atoms with Gasteiger partial charge in [0.15, 0.2) is 0 Å². The van der Waals surface area contributed by atoms with Crippen LogP contribution in [-0.2, 0) is 6.42 Å². The molecule has 0 bridgehead atoms. The zero-order chi connectivity index (χ0) is 10.1. The van der Waals surface area contributed by atoms with Gasteiger partial charge in [-0.25, -0.2) is 9.37 Å². The van der Waals surface area contributed by atoms with Gasteiger partial charge in [0.1, 0.15) is 6.17 Å². The number of hydrogen-bond acceptors (Lipinski definition) is 2. The van der Waals surface area contributed by atoms with E-state index in [1.807, 2.05) is 25.4 Å². The van der Waals surface area contributed by atoms with E-state index in [1.165, 1.54) is 5.01 Å². The lowest BCUT2D eigenvalue weighted by Gasteiger charge is -1.77. The molecule has 0 aromatic carbocycles. The normalized spacial score (nSPS) is 13.5. The summed E-state index contributed by atoms with van der Waals surface area (Å²) in [6.07, 6.45) is 4.13. The molecular weight excluding hydrogens is 185 g/mol. The van der Waals surface area contributed by atoms with Crippen LogP contribution in [0.2, 0.25) is 0 Å². The number of aryl methyl sites for hydroxylation is 1. The van der Waals surface area contributed by atoms with Crippen molar-refractivity contribution in [3.05, 3.63) is 16.6 Å². The highest BCUT2D eigenvalue weighted by Crippen LogP contribution is 2.22. The van der Waals surface area contributed by atoms with Crippen molar-refractivity contribution in [3.8, 4) is 0 Å². The second-order valence-electron chi connectivity index (χ2n) is 2.45. The van der Waals surface area contributed by atoms with E-state index in [-0.39, 0.29) is 0 Å². The van der Waals surface area contributed by atoms with E-state index in [0.717, 1.165) is 19.3 Å². The topological polar surface area (TPSA) is 12.9 Å². The van der Waals surface area contributed by atoms with Crippen molar-refractivity contribution >= 4 is 11.3 Å². The minimum atomic E-state index is -0.417. The largest absolute Gasteiger partial charge is 0.250 e. The molecule has 0 aliphatic heterocycles. The molecule has 0 saturated heterocycles. The average molecular weight is 203 g/mol. The number of alkyl halides is 1. The monoisotopic (exact) mass is 203 g/mol. The Balaban J connectivity index is 0.000000204. The molecule has 0 N–H and O–H groups in total. The molecule has 1 nitrogen and oxygen atoms in total. The van der Waals surface area contributed by atoms with Crippen LogP contribution < -0.4 is 0 Å². The molecule has 1 aromatic heterocycles. The first-order chi connectivity index (χ1) is 6.33. The van der Waals surface area contributed by atoms with Crippen molar-refractivity contribution in [1.29, 1.82) is 0 Å². The van der Waals surface area contributed by atoms with Gasteiger partial charge in [-0.3, -0.25) is 0 Å². The van der Waals surface area contributed by atoms with Gasteiger partial charge in [0, 0.05) is 11.6 Å². The molecule has 0 unspecified atom stereocenters. The maximum atomic E-state index is 11.1. The highest BCUT2D eigenvalue weighted by molar-refractivity contribution is 7.09. The van der Waals surface area contributed by atoms with Gasteiger partial charge in [0.25, 0.3) is 0 Å². The lowest BCUT2D eigenvalue weighted by atomic mass is 10.5. The van der Waals surface area contributed by atoms with E-state index >= 15 is 0 Å². The summed E-state index contributed by atoms with van der Waals surface area (Å²) in [5.74, 6) is 0. The lowest BCUT2D eigenvalue weighted by Crippen LogP contribution is -1.70. The fourth-order valence-electron chi connectivity index (χ4n) is 0.491. The minimum absolute atomic E-state index is 0.417. The summed E-state index contributed by atoms with van der Waals surface area (Å²) >= 11 is 1.71. The molecule has 1 heterocycles. The summed E-state index contributed by atoms with van der Waals surface area (Å²) in [5, 5.41) is 3.22. The van der Waals surface area contributed by atoms with Crippen LogP contribution in [0.25, 0.3) is 0 Å². The highest BCUT2D eigenvalue weighted by atomic mass is 32.1. The van der Waals surface area contributed by atoms with E-state index in [9.17, 15) is 4.39 Å². The van der Waals surface area contributed by atoms with Crippen LogP contribution in [-0.4, -0.2) is 11.2 Å². The van der Waals surface area contributed by atoms with Gasteiger partial charge in [-0.15, -0.1) is 11.3 Å². The molecule has 0 radical (unpaired) electrons. The third-order valence-corrected chi connectivity index (χ3v) is 2.22.